The summed E-state index contributed by atoms with van der Waals surface area (Å²) >= 11 is 0. The van der Waals surface area contributed by atoms with Crippen molar-refractivity contribution in [3.8, 4) is 0 Å². The predicted molar refractivity (Wildman–Crippen MR) is 34.5 cm³/mol. The van der Waals surface area contributed by atoms with Crippen LogP contribution in [0.15, 0.2) is 0 Å². The number of hydrogen-bond donors (Lipinski definition) is 1. The van der Waals surface area contributed by atoms with E-state index in [0.717, 1.165) is 5.01 Å². The Labute approximate surface area is 58.8 Å². The minimum atomic E-state index is -1.13. The Morgan fingerprint density at radius 1 is 1.60 bits per heavy atom. The average molecular weight is 146 g/mol. The summed E-state index contributed by atoms with van der Waals surface area (Å²) in [5.74, 6) is 0. The monoisotopic (exact) mass is 146 g/mol. The highest BCUT2D eigenvalue weighted by Crippen LogP contribution is 1.88. The van der Waals surface area contributed by atoms with Crippen molar-refractivity contribution in [2.75, 3.05) is 20.6 Å². The largest absolute Gasteiger partial charge is 0.464 e. The minimum absolute atomic E-state index is 0.123. The van der Waals surface area contributed by atoms with Gasteiger partial charge in [0.1, 0.15) is 6.29 Å². The van der Waals surface area contributed by atoms with E-state index < -0.39 is 6.09 Å². The summed E-state index contributed by atoms with van der Waals surface area (Å²) in [6.07, 6.45) is -0.592. The third-order valence-corrected chi connectivity index (χ3v) is 0.951. The van der Waals surface area contributed by atoms with E-state index in [9.17, 15) is 9.59 Å². The van der Waals surface area contributed by atoms with Crippen molar-refractivity contribution in [1.29, 1.82) is 0 Å². The topological polar surface area (TPSA) is 60.9 Å². The van der Waals surface area contributed by atoms with Gasteiger partial charge in [0.15, 0.2) is 0 Å². The second kappa shape index (κ2) is 3.84. The van der Waals surface area contributed by atoms with Crippen molar-refractivity contribution < 1.29 is 14.7 Å². The second-order valence-electron chi connectivity index (χ2n) is 1.88. The van der Waals surface area contributed by atoms with Gasteiger partial charge in [0.05, 0.1) is 6.54 Å². The van der Waals surface area contributed by atoms with E-state index >= 15 is 0 Å². The normalized spacial score (nSPS) is 9.50. The predicted octanol–water partition coefficient (Wildman–Crippen LogP) is -0.358. The molecular formula is C5H10N2O3. The minimum Gasteiger partial charge on any atom is -0.464 e. The van der Waals surface area contributed by atoms with Crippen molar-refractivity contribution in [1.82, 2.24) is 10.0 Å². The first-order valence-corrected chi connectivity index (χ1v) is 2.71. The molecule has 0 aromatic carbocycles. The lowest BCUT2D eigenvalue weighted by Gasteiger charge is -2.22. The van der Waals surface area contributed by atoms with Crippen LogP contribution >= 0.6 is 0 Å². The number of hydrogen-bond acceptors (Lipinski definition) is 3. The number of nitrogens with zero attached hydrogens (tertiary/aromatic N) is 2. The highest BCUT2D eigenvalue weighted by molar-refractivity contribution is 5.68. The van der Waals surface area contributed by atoms with Gasteiger partial charge in [-0.25, -0.2) is 14.8 Å². The zero-order chi connectivity index (χ0) is 8.15. The van der Waals surface area contributed by atoms with E-state index in [1.54, 1.807) is 14.1 Å². The van der Waals surface area contributed by atoms with E-state index in [2.05, 4.69) is 0 Å². The molecule has 0 rings (SSSR count). The summed E-state index contributed by atoms with van der Waals surface area (Å²) in [5, 5.41) is 10.6. The van der Waals surface area contributed by atoms with Crippen LogP contribution in [0.4, 0.5) is 4.79 Å². The highest BCUT2D eigenvalue weighted by Gasteiger charge is 2.11. The van der Waals surface area contributed by atoms with Gasteiger partial charge in [-0.1, -0.05) is 0 Å². The molecule has 0 saturated heterocycles. The fraction of sp³-hybridized carbons (Fsp3) is 0.600. The van der Waals surface area contributed by atoms with Gasteiger partial charge < -0.3 is 9.90 Å². The molecule has 0 aromatic heterocycles. The molecule has 0 saturated carbocycles. The first-order chi connectivity index (χ1) is 4.59. The Morgan fingerprint density at radius 2 is 2.10 bits per heavy atom. The lowest BCUT2D eigenvalue weighted by Crippen LogP contribution is -2.42. The third kappa shape index (κ3) is 2.45. The molecule has 0 aliphatic rings. The third-order valence-electron chi connectivity index (χ3n) is 0.951. The van der Waals surface area contributed by atoms with Crippen LogP contribution in [-0.2, 0) is 4.79 Å². The lowest BCUT2D eigenvalue weighted by atomic mass is 10.7. The quantitative estimate of drug-likeness (QED) is 0.436. The van der Waals surface area contributed by atoms with E-state index in [4.69, 9.17) is 5.11 Å². The van der Waals surface area contributed by atoms with Crippen LogP contribution < -0.4 is 0 Å². The molecule has 5 nitrogen and oxygen atoms in total. The number of hydrazine groups is 1. The zero-order valence-corrected chi connectivity index (χ0v) is 5.94. The molecule has 0 fully saturated rings. The summed E-state index contributed by atoms with van der Waals surface area (Å²) in [6.45, 7) is -0.123. The Balaban J connectivity index is 3.97. The zero-order valence-electron chi connectivity index (χ0n) is 5.94. The molecule has 0 aliphatic heterocycles. The Bertz CT molecular complexity index is 135. The standard InChI is InChI=1S/C5H10N2O3/c1-6(2)7(3-4-8)5(9)10/h4H,3H2,1-2H3,(H,9,10). The van der Waals surface area contributed by atoms with E-state index in [0.29, 0.717) is 6.29 Å². The van der Waals surface area contributed by atoms with Crippen LogP contribution in [-0.4, -0.2) is 48.1 Å². The first kappa shape index (κ1) is 8.90. The van der Waals surface area contributed by atoms with E-state index in [1.807, 2.05) is 0 Å². The number of carboxylic acid groups (broad SMARTS) is 1. The van der Waals surface area contributed by atoms with Gasteiger partial charge in [-0.2, -0.15) is 0 Å². The van der Waals surface area contributed by atoms with Gasteiger partial charge >= 0.3 is 6.09 Å². The molecule has 1 amide bonds. The number of carbonyl (C=O) groups excluding carboxylic acids is 1. The molecule has 58 valence electrons. The molecule has 0 aliphatic carbocycles. The fourth-order valence-electron chi connectivity index (χ4n) is 0.483. The SMILES string of the molecule is CN(C)N(CC=O)C(=O)O. The molecule has 0 unspecified atom stereocenters. The van der Waals surface area contributed by atoms with Crippen molar-refractivity contribution >= 4 is 12.4 Å². The Kier molecular flexibility index (Phi) is 3.42. The van der Waals surface area contributed by atoms with Crippen molar-refractivity contribution in [3.63, 3.8) is 0 Å². The molecule has 0 atom stereocenters. The molecule has 0 radical (unpaired) electrons. The fourth-order valence-corrected chi connectivity index (χ4v) is 0.483. The number of amides is 1. The maximum atomic E-state index is 10.3. The van der Waals surface area contributed by atoms with Crippen LogP contribution in [0.1, 0.15) is 0 Å². The van der Waals surface area contributed by atoms with Crippen molar-refractivity contribution in [2.24, 2.45) is 0 Å². The van der Waals surface area contributed by atoms with E-state index in [1.165, 1.54) is 5.01 Å². The number of aldehydes is 1. The molecular weight excluding hydrogens is 136 g/mol. The molecule has 0 aromatic rings. The first-order valence-electron chi connectivity index (χ1n) is 2.71. The lowest BCUT2D eigenvalue weighted by molar-refractivity contribution is -0.111. The molecule has 0 heterocycles. The summed E-state index contributed by atoms with van der Waals surface area (Å²) in [5.41, 5.74) is 0. The smallest absolute Gasteiger partial charge is 0.422 e. The van der Waals surface area contributed by atoms with Crippen molar-refractivity contribution in [2.45, 2.75) is 0 Å². The highest BCUT2D eigenvalue weighted by atomic mass is 16.4. The van der Waals surface area contributed by atoms with Gasteiger partial charge in [-0.15, -0.1) is 0 Å². The molecule has 0 spiro atoms. The summed E-state index contributed by atoms with van der Waals surface area (Å²) in [4.78, 5) is 20.1. The summed E-state index contributed by atoms with van der Waals surface area (Å²) in [6, 6.07) is 0. The van der Waals surface area contributed by atoms with Crippen LogP contribution in [0.5, 0.6) is 0 Å². The van der Waals surface area contributed by atoms with Gasteiger partial charge in [0, 0.05) is 14.1 Å². The molecule has 5 heteroatoms. The van der Waals surface area contributed by atoms with Crippen molar-refractivity contribution in [3.05, 3.63) is 0 Å². The van der Waals surface area contributed by atoms with Gasteiger partial charge in [-0.3, -0.25) is 0 Å². The average Bonchev–Trinajstić information content (AvgIpc) is 1.81. The number of carbonyl (C=O) groups is 2. The Hall–Kier alpha value is -1.10. The van der Waals surface area contributed by atoms with Gasteiger partial charge in [0.25, 0.3) is 0 Å². The van der Waals surface area contributed by atoms with Crippen LogP contribution in [0.25, 0.3) is 0 Å². The maximum Gasteiger partial charge on any atom is 0.422 e. The summed E-state index contributed by atoms with van der Waals surface area (Å²) in [7, 11) is 3.11. The second-order valence-corrected chi connectivity index (χ2v) is 1.88. The Morgan fingerprint density at radius 3 is 2.20 bits per heavy atom. The van der Waals surface area contributed by atoms with Crippen LogP contribution in [0.2, 0.25) is 0 Å². The molecule has 10 heavy (non-hydrogen) atoms. The van der Waals surface area contributed by atoms with E-state index in [-0.39, 0.29) is 6.54 Å². The van der Waals surface area contributed by atoms with Gasteiger partial charge in [0.2, 0.25) is 0 Å². The molecule has 1 N–H and O–H groups in total. The van der Waals surface area contributed by atoms with Crippen LogP contribution in [0.3, 0.4) is 0 Å². The summed E-state index contributed by atoms with van der Waals surface area (Å²) < 4.78 is 0. The van der Waals surface area contributed by atoms with Crippen LogP contribution in [0, 0.1) is 0 Å². The maximum absolute atomic E-state index is 10.3. The molecule has 0 bridgehead atoms. The van der Waals surface area contributed by atoms with Gasteiger partial charge in [-0.05, 0) is 0 Å². The number of rotatable bonds is 3.